The summed E-state index contributed by atoms with van der Waals surface area (Å²) in [4.78, 5) is 32.5. The van der Waals surface area contributed by atoms with Gasteiger partial charge in [0.05, 0.1) is 11.2 Å². The van der Waals surface area contributed by atoms with Gasteiger partial charge in [0, 0.05) is 16.8 Å². The Hall–Kier alpha value is -2.78. The number of pyridine rings is 1. The van der Waals surface area contributed by atoms with Crippen LogP contribution in [0.1, 0.15) is 12.5 Å². The van der Waals surface area contributed by atoms with Gasteiger partial charge in [-0.05, 0) is 60.6 Å². The largest absolute Gasteiger partial charge is 0.446 e. The molecule has 1 atom stereocenters. The molecule has 0 saturated carbocycles. The number of halogens is 4. The van der Waals surface area contributed by atoms with E-state index >= 15 is 0 Å². The zero-order valence-electron chi connectivity index (χ0n) is 16.1. The number of carbonyl (C=O) groups excluding carboxylic acids is 2. The van der Waals surface area contributed by atoms with Crippen LogP contribution in [-0.4, -0.2) is 33.4 Å². The van der Waals surface area contributed by atoms with Crippen molar-refractivity contribution in [2.75, 3.05) is 4.90 Å². The second-order valence-electron chi connectivity index (χ2n) is 6.92. The van der Waals surface area contributed by atoms with Crippen LogP contribution in [0, 0.1) is 0 Å². The van der Waals surface area contributed by atoms with E-state index in [1.165, 1.54) is 29.2 Å². The van der Waals surface area contributed by atoms with Crippen molar-refractivity contribution in [3.63, 3.8) is 0 Å². The first-order valence-electron chi connectivity index (χ1n) is 9.18. The number of benzene rings is 2. The van der Waals surface area contributed by atoms with Crippen LogP contribution < -0.4 is 4.90 Å². The molecule has 160 valence electrons. The SMILES string of the molecule is CC1C(=O)N(c2ccc(SC(F)(F)F)cc2)C(=O)N1Cc1cc(Cl)nc2ccccc12. The van der Waals surface area contributed by atoms with Gasteiger partial charge in [-0.1, -0.05) is 29.8 Å². The number of fused-ring (bicyclic) bond motifs is 1. The Morgan fingerprint density at radius 3 is 2.45 bits per heavy atom. The molecule has 2 heterocycles. The normalized spacial score (nSPS) is 17.1. The third-order valence-corrected chi connectivity index (χ3v) is 5.86. The maximum atomic E-state index is 13.1. The number of nitrogens with zero attached hydrogens (tertiary/aromatic N) is 3. The molecular formula is C21H15ClF3N3O2S. The van der Waals surface area contributed by atoms with E-state index in [1.807, 2.05) is 18.2 Å². The van der Waals surface area contributed by atoms with Crippen molar-refractivity contribution in [3.05, 3.63) is 65.3 Å². The molecule has 0 spiro atoms. The molecule has 4 rings (SSSR count). The van der Waals surface area contributed by atoms with Gasteiger partial charge in [-0.15, -0.1) is 0 Å². The van der Waals surface area contributed by atoms with Crippen LogP contribution in [0.15, 0.2) is 59.5 Å². The molecule has 0 N–H and O–H groups in total. The summed E-state index contributed by atoms with van der Waals surface area (Å²) in [6.07, 6.45) is 0. The van der Waals surface area contributed by atoms with Crippen molar-refractivity contribution in [2.45, 2.75) is 29.9 Å². The number of rotatable bonds is 4. The number of thioether (sulfide) groups is 1. The van der Waals surface area contributed by atoms with Gasteiger partial charge in [0.25, 0.3) is 5.91 Å². The molecule has 1 aliphatic heterocycles. The van der Waals surface area contributed by atoms with Crippen molar-refractivity contribution < 1.29 is 22.8 Å². The van der Waals surface area contributed by atoms with Crippen LogP contribution in [0.4, 0.5) is 23.7 Å². The second kappa shape index (κ2) is 8.05. The number of anilines is 1. The van der Waals surface area contributed by atoms with Crippen molar-refractivity contribution in [3.8, 4) is 0 Å². The van der Waals surface area contributed by atoms with Crippen LogP contribution in [0.3, 0.4) is 0 Å². The number of carbonyl (C=O) groups is 2. The van der Waals surface area contributed by atoms with Gasteiger partial charge >= 0.3 is 11.5 Å². The standard InChI is InChI=1S/C21H15ClF3N3O2S/c1-12-19(29)28(14-6-8-15(9-7-14)31-21(23,24)25)20(30)27(12)11-13-10-18(22)26-17-5-3-2-4-16(13)17/h2-10,12H,11H2,1H3. The molecule has 2 aromatic carbocycles. The molecule has 1 aromatic heterocycles. The Labute approximate surface area is 184 Å². The summed E-state index contributed by atoms with van der Waals surface area (Å²) in [5.74, 6) is -0.453. The summed E-state index contributed by atoms with van der Waals surface area (Å²) >= 11 is 5.86. The highest BCUT2D eigenvalue weighted by atomic mass is 35.5. The lowest BCUT2D eigenvalue weighted by molar-refractivity contribution is -0.119. The van der Waals surface area contributed by atoms with E-state index in [9.17, 15) is 22.8 Å². The van der Waals surface area contributed by atoms with Gasteiger partial charge in [0.1, 0.15) is 11.2 Å². The topological polar surface area (TPSA) is 53.5 Å². The van der Waals surface area contributed by atoms with Gasteiger partial charge < -0.3 is 4.90 Å². The molecular weight excluding hydrogens is 451 g/mol. The van der Waals surface area contributed by atoms with E-state index in [0.717, 1.165) is 15.8 Å². The summed E-state index contributed by atoms with van der Waals surface area (Å²) in [6.45, 7) is 1.74. The van der Waals surface area contributed by atoms with Crippen LogP contribution in [0.25, 0.3) is 10.9 Å². The predicted molar refractivity (Wildman–Crippen MR) is 113 cm³/mol. The minimum absolute atomic E-state index is 0.0295. The highest BCUT2D eigenvalue weighted by Crippen LogP contribution is 2.38. The first-order chi connectivity index (χ1) is 14.6. The molecule has 5 nitrogen and oxygen atoms in total. The molecule has 10 heteroatoms. The lowest BCUT2D eigenvalue weighted by Gasteiger charge is -2.20. The summed E-state index contributed by atoms with van der Waals surface area (Å²) in [6, 6.07) is 12.8. The monoisotopic (exact) mass is 465 g/mol. The molecule has 0 aliphatic carbocycles. The number of alkyl halides is 3. The molecule has 31 heavy (non-hydrogen) atoms. The zero-order valence-corrected chi connectivity index (χ0v) is 17.6. The van der Waals surface area contributed by atoms with Gasteiger partial charge in [-0.2, -0.15) is 13.2 Å². The van der Waals surface area contributed by atoms with E-state index < -0.39 is 23.5 Å². The first kappa shape index (κ1) is 21.5. The third kappa shape index (κ3) is 4.33. The van der Waals surface area contributed by atoms with Gasteiger partial charge in [-0.3, -0.25) is 4.79 Å². The van der Waals surface area contributed by atoms with Crippen molar-refractivity contribution in [2.24, 2.45) is 0 Å². The fourth-order valence-electron chi connectivity index (χ4n) is 3.47. The Morgan fingerprint density at radius 1 is 1.10 bits per heavy atom. The smallest absolute Gasteiger partial charge is 0.308 e. The zero-order chi connectivity index (χ0) is 22.3. The maximum absolute atomic E-state index is 13.1. The molecule has 0 bridgehead atoms. The molecule has 3 aromatic rings. The Morgan fingerprint density at radius 2 is 1.77 bits per heavy atom. The Kier molecular flexibility index (Phi) is 5.57. The fraction of sp³-hybridized carbons (Fsp3) is 0.190. The summed E-state index contributed by atoms with van der Waals surface area (Å²) < 4.78 is 37.6. The van der Waals surface area contributed by atoms with Gasteiger partial charge in [-0.25, -0.2) is 14.7 Å². The molecule has 1 unspecified atom stereocenters. The van der Waals surface area contributed by atoms with Crippen molar-refractivity contribution in [1.82, 2.24) is 9.88 Å². The van der Waals surface area contributed by atoms with E-state index in [2.05, 4.69) is 4.98 Å². The quantitative estimate of drug-likeness (QED) is 0.275. The summed E-state index contributed by atoms with van der Waals surface area (Å²) in [5.41, 5.74) is -2.79. The third-order valence-electron chi connectivity index (χ3n) is 4.92. The lowest BCUT2D eigenvalue weighted by atomic mass is 10.1. The average Bonchev–Trinajstić information content (AvgIpc) is 2.91. The Balaban J connectivity index is 1.61. The second-order valence-corrected chi connectivity index (χ2v) is 8.45. The van der Waals surface area contributed by atoms with Crippen LogP contribution >= 0.6 is 23.4 Å². The first-order valence-corrected chi connectivity index (χ1v) is 10.4. The van der Waals surface area contributed by atoms with Crippen LogP contribution in [0.2, 0.25) is 5.15 Å². The average molecular weight is 466 g/mol. The number of urea groups is 1. The minimum atomic E-state index is -4.42. The summed E-state index contributed by atoms with van der Waals surface area (Å²) in [5, 5.41) is 1.08. The predicted octanol–water partition coefficient (Wildman–Crippen LogP) is 5.86. The molecule has 0 radical (unpaired) electrons. The Bertz CT molecular complexity index is 1170. The number of imide groups is 1. The van der Waals surface area contributed by atoms with Gasteiger partial charge in [0.15, 0.2) is 0 Å². The number of amides is 3. The van der Waals surface area contributed by atoms with E-state index in [0.29, 0.717) is 5.52 Å². The van der Waals surface area contributed by atoms with Crippen molar-refractivity contribution >= 4 is 51.9 Å². The van der Waals surface area contributed by atoms with Crippen LogP contribution in [0.5, 0.6) is 0 Å². The van der Waals surface area contributed by atoms with Gasteiger partial charge in [0.2, 0.25) is 0 Å². The number of aromatic nitrogens is 1. The highest BCUT2D eigenvalue weighted by molar-refractivity contribution is 8.00. The lowest BCUT2D eigenvalue weighted by Crippen LogP contribution is -2.33. The molecule has 1 fully saturated rings. The minimum Gasteiger partial charge on any atom is -0.308 e. The number of hydrogen-bond donors (Lipinski definition) is 0. The van der Waals surface area contributed by atoms with Crippen LogP contribution in [-0.2, 0) is 11.3 Å². The van der Waals surface area contributed by atoms with E-state index in [1.54, 1.807) is 19.1 Å². The molecule has 1 saturated heterocycles. The molecule has 3 amide bonds. The highest BCUT2D eigenvalue weighted by Gasteiger charge is 2.43. The van der Waals surface area contributed by atoms with E-state index in [4.69, 9.17) is 11.6 Å². The maximum Gasteiger partial charge on any atom is 0.446 e. The summed E-state index contributed by atoms with van der Waals surface area (Å²) in [7, 11) is 0. The number of para-hydroxylation sites is 1. The fourth-order valence-corrected chi connectivity index (χ4v) is 4.24. The number of hydrogen-bond acceptors (Lipinski definition) is 4. The van der Waals surface area contributed by atoms with E-state index in [-0.39, 0.29) is 34.0 Å². The molecule has 1 aliphatic rings. The van der Waals surface area contributed by atoms with Crippen molar-refractivity contribution in [1.29, 1.82) is 0 Å².